The van der Waals surface area contributed by atoms with Gasteiger partial charge in [-0.15, -0.1) is 0 Å². The van der Waals surface area contributed by atoms with E-state index in [2.05, 4.69) is 32.9 Å². The van der Waals surface area contributed by atoms with E-state index in [0.29, 0.717) is 5.92 Å². The summed E-state index contributed by atoms with van der Waals surface area (Å²) >= 11 is 1.29. The van der Waals surface area contributed by atoms with Crippen LogP contribution in [0, 0.1) is 0 Å². The van der Waals surface area contributed by atoms with Crippen molar-refractivity contribution in [3.63, 3.8) is 0 Å². The van der Waals surface area contributed by atoms with Crippen LogP contribution in [0.3, 0.4) is 0 Å². The first-order valence-corrected chi connectivity index (χ1v) is 7.07. The summed E-state index contributed by atoms with van der Waals surface area (Å²) in [6.07, 6.45) is 3.90. The zero-order valence-corrected chi connectivity index (χ0v) is 11.4. The number of hydrogen-bond donors (Lipinski definition) is 0. The molecule has 0 saturated carbocycles. The third-order valence-electron chi connectivity index (χ3n) is 3.10. The van der Waals surface area contributed by atoms with Gasteiger partial charge in [0.25, 0.3) is 0 Å². The number of carbonyl (C=O) groups is 1. The van der Waals surface area contributed by atoms with E-state index in [1.807, 2.05) is 12.3 Å². The first-order valence-electron chi connectivity index (χ1n) is 5.85. The molecule has 0 N–H and O–H groups in total. The Balaban J connectivity index is 3.11. The van der Waals surface area contributed by atoms with E-state index < -0.39 is 0 Å². The molecule has 0 spiro atoms. The maximum atomic E-state index is 11.7. The molecule has 0 saturated heterocycles. The van der Waals surface area contributed by atoms with Gasteiger partial charge in [0.2, 0.25) is 5.12 Å². The van der Waals surface area contributed by atoms with Crippen molar-refractivity contribution in [2.75, 3.05) is 6.26 Å². The SMILES string of the molecule is CCc1cc(C(C)CC)ccc1C(=O)SC. The molecule has 2 heteroatoms. The fourth-order valence-corrected chi connectivity index (χ4v) is 2.18. The van der Waals surface area contributed by atoms with Crippen molar-refractivity contribution in [3.05, 3.63) is 34.9 Å². The molecule has 0 aliphatic rings. The normalized spacial score (nSPS) is 12.5. The van der Waals surface area contributed by atoms with Crippen LogP contribution in [-0.4, -0.2) is 11.4 Å². The first-order chi connectivity index (χ1) is 7.63. The van der Waals surface area contributed by atoms with Crippen LogP contribution in [-0.2, 0) is 6.42 Å². The fourth-order valence-electron chi connectivity index (χ4n) is 1.76. The third kappa shape index (κ3) is 2.88. The van der Waals surface area contributed by atoms with Gasteiger partial charge in [-0.25, -0.2) is 0 Å². The lowest BCUT2D eigenvalue weighted by Gasteiger charge is -2.13. The summed E-state index contributed by atoms with van der Waals surface area (Å²) in [5.74, 6) is 0.573. The Morgan fingerprint density at radius 2 is 2.06 bits per heavy atom. The summed E-state index contributed by atoms with van der Waals surface area (Å²) < 4.78 is 0. The van der Waals surface area contributed by atoms with Crippen LogP contribution in [0.1, 0.15) is 54.6 Å². The summed E-state index contributed by atoms with van der Waals surface area (Å²) in [6, 6.07) is 6.27. The first kappa shape index (κ1) is 13.3. The summed E-state index contributed by atoms with van der Waals surface area (Å²) in [4.78, 5) is 11.7. The molecule has 1 atom stereocenters. The predicted molar refractivity (Wildman–Crippen MR) is 72.4 cm³/mol. The van der Waals surface area contributed by atoms with Gasteiger partial charge in [0, 0.05) is 5.56 Å². The van der Waals surface area contributed by atoms with Gasteiger partial charge in [-0.2, -0.15) is 0 Å². The molecule has 0 aromatic heterocycles. The standard InChI is InChI=1S/C14H20OS/c1-5-10(3)12-7-8-13(14(15)16-4)11(6-2)9-12/h7-10H,5-6H2,1-4H3. The van der Waals surface area contributed by atoms with Crippen LogP contribution < -0.4 is 0 Å². The predicted octanol–water partition coefficient (Wildman–Crippen LogP) is 4.27. The minimum Gasteiger partial charge on any atom is -0.282 e. The topological polar surface area (TPSA) is 17.1 Å². The molecule has 1 unspecified atom stereocenters. The summed E-state index contributed by atoms with van der Waals surface area (Å²) in [7, 11) is 0. The Bertz CT molecular complexity index is 371. The molecule has 0 heterocycles. The molecular weight excluding hydrogens is 216 g/mol. The molecule has 1 aromatic rings. The maximum absolute atomic E-state index is 11.7. The smallest absolute Gasteiger partial charge is 0.219 e. The van der Waals surface area contributed by atoms with Crippen LogP contribution in [0.25, 0.3) is 0 Å². The molecule has 0 aliphatic carbocycles. The van der Waals surface area contributed by atoms with Crippen LogP contribution in [0.5, 0.6) is 0 Å². The largest absolute Gasteiger partial charge is 0.282 e. The van der Waals surface area contributed by atoms with E-state index in [9.17, 15) is 4.79 Å². The van der Waals surface area contributed by atoms with Gasteiger partial charge in [-0.05, 0) is 42.2 Å². The molecule has 0 amide bonds. The minimum absolute atomic E-state index is 0.174. The maximum Gasteiger partial charge on any atom is 0.219 e. The number of thioether (sulfide) groups is 1. The highest BCUT2D eigenvalue weighted by Crippen LogP contribution is 2.24. The van der Waals surface area contributed by atoms with E-state index in [1.54, 1.807) is 0 Å². The summed E-state index contributed by atoms with van der Waals surface area (Å²) in [5, 5.41) is 0.174. The Hall–Kier alpha value is -0.760. The third-order valence-corrected chi connectivity index (χ3v) is 3.69. The van der Waals surface area contributed by atoms with Crippen LogP contribution >= 0.6 is 11.8 Å². The lowest BCUT2D eigenvalue weighted by molar-refractivity contribution is 0.108. The van der Waals surface area contributed by atoms with Gasteiger partial charge >= 0.3 is 0 Å². The average Bonchev–Trinajstić information content (AvgIpc) is 2.35. The Labute approximate surface area is 103 Å². The van der Waals surface area contributed by atoms with E-state index in [4.69, 9.17) is 0 Å². The Morgan fingerprint density at radius 3 is 2.56 bits per heavy atom. The van der Waals surface area contributed by atoms with Crippen molar-refractivity contribution in [1.29, 1.82) is 0 Å². The van der Waals surface area contributed by atoms with E-state index in [1.165, 1.54) is 22.9 Å². The summed E-state index contributed by atoms with van der Waals surface area (Å²) in [5.41, 5.74) is 3.40. The van der Waals surface area contributed by atoms with Crippen molar-refractivity contribution in [2.45, 2.75) is 39.5 Å². The molecule has 1 nitrogen and oxygen atoms in total. The van der Waals surface area contributed by atoms with Crippen molar-refractivity contribution >= 4 is 16.9 Å². The van der Waals surface area contributed by atoms with Gasteiger partial charge in [-0.3, -0.25) is 4.79 Å². The van der Waals surface area contributed by atoms with Gasteiger partial charge in [0.05, 0.1) is 0 Å². The Kier molecular flexibility index (Phi) is 5.07. The van der Waals surface area contributed by atoms with E-state index in [-0.39, 0.29) is 5.12 Å². The molecular formula is C14H20OS. The fraction of sp³-hybridized carbons (Fsp3) is 0.500. The van der Waals surface area contributed by atoms with Crippen molar-refractivity contribution < 1.29 is 4.79 Å². The number of benzene rings is 1. The minimum atomic E-state index is 0.174. The highest BCUT2D eigenvalue weighted by Gasteiger charge is 2.11. The Morgan fingerprint density at radius 1 is 1.38 bits per heavy atom. The summed E-state index contributed by atoms with van der Waals surface area (Å²) in [6.45, 7) is 6.52. The molecule has 1 rings (SSSR count). The molecule has 0 bridgehead atoms. The number of hydrogen-bond acceptors (Lipinski definition) is 2. The quantitative estimate of drug-likeness (QED) is 0.776. The lowest BCUT2D eigenvalue weighted by atomic mass is 9.94. The zero-order valence-electron chi connectivity index (χ0n) is 10.5. The van der Waals surface area contributed by atoms with Crippen molar-refractivity contribution in [3.8, 4) is 0 Å². The van der Waals surface area contributed by atoms with Crippen molar-refractivity contribution in [1.82, 2.24) is 0 Å². The van der Waals surface area contributed by atoms with E-state index >= 15 is 0 Å². The molecule has 88 valence electrons. The number of aryl methyl sites for hydroxylation is 1. The van der Waals surface area contributed by atoms with Crippen molar-refractivity contribution in [2.24, 2.45) is 0 Å². The molecule has 0 aliphatic heterocycles. The monoisotopic (exact) mass is 236 g/mol. The van der Waals surface area contributed by atoms with Crippen LogP contribution in [0.15, 0.2) is 18.2 Å². The molecule has 0 fully saturated rings. The second-order valence-corrected chi connectivity index (χ2v) is 4.85. The number of rotatable bonds is 4. The average molecular weight is 236 g/mol. The van der Waals surface area contributed by atoms with Gasteiger partial charge in [0.1, 0.15) is 0 Å². The van der Waals surface area contributed by atoms with Crippen LogP contribution in [0.2, 0.25) is 0 Å². The molecule has 1 aromatic carbocycles. The molecule has 0 radical (unpaired) electrons. The van der Waals surface area contributed by atoms with Gasteiger partial charge < -0.3 is 0 Å². The molecule has 16 heavy (non-hydrogen) atoms. The highest BCUT2D eigenvalue weighted by atomic mass is 32.2. The van der Waals surface area contributed by atoms with Crippen LogP contribution in [0.4, 0.5) is 0 Å². The lowest BCUT2D eigenvalue weighted by Crippen LogP contribution is -2.01. The van der Waals surface area contributed by atoms with Gasteiger partial charge in [0.15, 0.2) is 0 Å². The zero-order chi connectivity index (χ0) is 12.1. The second-order valence-electron chi connectivity index (χ2n) is 4.07. The highest BCUT2D eigenvalue weighted by molar-refractivity contribution is 8.13. The van der Waals surface area contributed by atoms with Gasteiger partial charge in [-0.1, -0.05) is 44.7 Å². The number of carbonyl (C=O) groups excluding carboxylic acids is 1. The van der Waals surface area contributed by atoms with E-state index in [0.717, 1.165) is 18.4 Å². The second kappa shape index (κ2) is 6.09.